The SMILES string of the molecule is CC#CCCC(=O)CSC(C)(C)C. The van der Waals surface area contributed by atoms with Crippen molar-refractivity contribution in [2.75, 3.05) is 5.75 Å². The second kappa shape index (κ2) is 6.10. The minimum atomic E-state index is 0.187. The minimum Gasteiger partial charge on any atom is -0.299 e. The summed E-state index contributed by atoms with van der Waals surface area (Å²) < 4.78 is 0.187. The first-order valence-corrected chi connectivity index (χ1v) is 5.49. The molecule has 0 radical (unpaired) electrons. The fourth-order valence-electron chi connectivity index (χ4n) is 0.696. The molecule has 0 aromatic heterocycles. The average Bonchev–Trinajstić information content (AvgIpc) is 2.00. The van der Waals surface area contributed by atoms with Gasteiger partial charge in [0.25, 0.3) is 0 Å². The second-order valence-corrected chi connectivity index (χ2v) is 5.67. The Bertz CT molecular complexity index is 214. The van der Waals surface area contributed by atoms with E-state index in [1.165, 1.54) is 0 Å². The Hall–Kier alpha value is -0.420. The summed E-state index contributed by atoms with van der Waals surface area (Å²) in [6.07, 6.45) is 1.31. The van der Waals surface area contributed by atoms with Crippen LogP contribution >= 0.6 is 11.8 Å². The predicted octanol–water partition coefficient (Wildman–Crippen LogP) is 2.89. The van der Waals surface area contributed by atoms with Gasteiger partial charge in [-0.2, -0.15) is 0 Å². The third-order valence-corrected chi connectivity index (χ3v) is 2.70. The minimum absolute atomic E-state index is 0.187. The van der Waals surface area contributed by atoms with Crippen LogP contribution < -0.4 is 0 Å². The van der Waals surface area contributed by atoms with E-state index in [1.54, 1.807) is 18.7 Å². The van der Waals surface area contributed by atoms with Crippen molar-refractivity contribution < 1.29 is 4.79 Å². The highest BCUT2D eigenvalue weighted by Gasteiger charge is 2.12. The highest BCUT2D eigenvalue weighted by molar-refractivity contribution is 8.01. The molecule has 0 saturated heterocycles. The van der Waals surface area contributed by atoms with Gasteiger partial charge in [0.15, 0.2) is 0 Å². The van der Waals surface area contributed by atoms with E-state index in [0.717, 1.165) is 0 Å². The summed E-state index contributed by atoms with van der Waals surface area (Å²) in [5, 5.41) is 0. The summed E-state index contributed by atoms with van der Waals surface area (Å²) in [4.78, 5) is 11.3. The Morgan fingerprint density at radius 1 is 1.38 bits per heavy atom. The topological polar surface area (TPSA) is 17.1 Å². The Kier molecular flexibility index (Phi) is 5.90. The van der Waals surface area contributed by atoms with Crippen LogP contribution in [0.2, 0.25) is 0 Å². The predicted molar refractivity (Wildman–Crippen MR) is 59.9 cm³/mol. The standard InChI is InChI=1S/C11H18OS/c1-5-6-7-8-10(12)9-13-11(2,3)4/h7-9H2,1-4H3. The number of Topliss-reactive ketones (excluding diaryl/α,β-unsaturated/α-hetero) is 1. The molecular weight excluding hydrogens is 180 g/mol. The quantitative estimate of drug-likeness (QED) is 0.646. The molecule has 0 N–H and O–H groups in total. The van der Waals surface area contributed by atoms with Gasteiger partial charge in [-0.05, 0) is 6.92 Å². The van der Waals surface area contributed by atoms with Gasteiger partial charge in [-0.3, -0.25) is 4.79 Å². The van der Waals surface area contributed by atoms with Crippen LogP contribution in [0.15, 0.2) is 0 Å². The molecule has 0 spiro atoms. The Morgan fingerprint density at radius 2 is 2.00 bits per heavy atom. The summed E-state index contributed by atoms with van der Waals surface area (Å²) in [6, 6.07) is 0. The summed E-state index contributed by atoms with van der Waals surface area (Å²) in [5.74, 6) is 6.61. The van der Waals surface area contributed by atoms with Crippen molar-refractivity contribution >= 4 is 17.5 Å². The highest BCUT2D eigenvalue weighted by Crippen LogP contribution is 2.23. The third kappa shape index (κ3) is 9.49. The van der Waals surface area contributed by atoms with Crippen molar-refractivity contribution in [1.29, 1.82) is 0 Å². The molecule has 0 aliphatic heterocycles. The first-order valence-electron chi connectivity index (χ1n) is 4.51. The number of hydrogen-bond donors (Lipinski definition) is 0. The molecule has 0 saturated carbocycles. The molecule has 0 bridgehead atoms. The molecule has 0 aliphatic rings. The Balaban J connectivity index is 3.56. The van der Waals surface area contributed by atoms with E-state index in [-0.39, 0.29) is 4.75 Å². The lowest BCUT2D eigenvalue weighted by atomic mass is 10.2. The average molecular weight is 198 g/mol. The maximum Gasteiger partial charge on any atom is 0.143 e. The van der Waals surface area contributed by atoms with Gasteiger partial charge in [-0.15, -0.1) is 23.6 Å². The fraction of sp³-hybridized carbons (Fsp3) is 0.727. The van der Waals surface area contributed by atoms with Crippen LogP contribution in [0.3, 0.4) is 0 Å². The summed E-state index contributed by atoms with van der Waals surface area (Å²) in [6.45, 7) is 8.17. The number of rotatable bonds is 4. The number of carbonyl (C=O) groups excluding carboxylic acids is 1. The number of thioether (sulfide) groups is 1. The third-order valence-electron chi connectivity index (χ3n) is 1.37. The van der Waals surface area contributed by atoms with Gasteiger partial charge in [0.05, 0.1) is 5.75 Å². The van der Waals surface area contributed by atoms with Crippen molar-refractivity contribution in [2.45, 2.75) is 45.3 Å². The van der Waals surface area contributed by atoms with E-state index >= 15 is 0 Å². The van der Waals surface area contributed by atoms with Crippen LogP contribution in [0.25, 0.3) is 0 Å². The monoisotopic (exact) mass is 198 g/mol. The maximum absolute atomic E-state index is 11.3. The fourth-order valence-corrected chi connectivity index (χ4v) is 1.43. The molecule has 0 amide bonds. The number of carbonyl (C=O) groups is 1. The molecule has 0 atom stereocenters. The lowest BCUT2D eigenvalue weighted by Gasteiger charge is -2.16. The van der Waals surface area contributed by atoms with Crippen molar-refractivity contribution in [1.82, 2.24) is 0 Å². The molecule has 0 aliphatic carbocycles. The molecule has 0 aromatic rings. The van der Waals surface area contributed by atoms with Gasteiger partial charge >= 0.3 is 0 Å². The molecule has 0 heterocycles. The molecule has 1 nitrogen and oxygen atoms in total. The summed E-state index contributed by atoms with van der Waals surface area (Å²) >= 11 is 1.70. The molecule has 0 unspecified atom stereocenters. The summed E-state index contributed by atoms with van der Waals surface area (Å²) in [5.41, 5.74) is 0. The zero-order valence-electron chi connectivity index (χ0n) is 8.94. The van der Waals surface area contributed by atoms with Crippen LogP contribution in [-0.4, -0.2) is 16.3 Å². The summed E-state index contributed by atoms with van der Waals surface area (Å²) in [7, 11) is 0. The van der Waals surface area contributed by atoms with Crippen LogP contribution in [0.4, 0.5) is 0 Å². The van der Waals surface area contributed by atoms with Gasteiger partial charge < -0.3 is 0 Å². The second-order valence-electron chi connectivity index (χ2n) is 3.87. The van der Waals surface area contributed by atoms with Gasteiger partial charge in [-0.1, -0.05) is 20.8 Å². The maximum atomic E-state index is 11.3. The Morgan fingerprint density at radius 3 is 2.46 bits per heavy atom. The zero-order chi connectivity index (χ0) is 10.3. The molecule has 0 aromatic carbocycles. The molecule has 74 valence electrons. The van der Waals surface area contributed by atoms with Crippen molar-refractivity contribution in [3.8, 4) is 11.8 Å². The first-order chi connectivity index (χ1) is 5.95. The van der Waals surface area contributed by atoms with E-state index < -0.39 is 0 Å². The van der Waals surface area contributed by atoms with Gasteiger partial charge in [0.1, 0.15) is 5.78 Å². The van der Waals surface area contributed by atoms with E-state index in [4.69, 9.17) is 0 Å². The normalized spacial score (nSPS) is 10.5. The largest absolute Gasteiger partial charge is 0.299 e. The lowest BCUT2D eigenvalue weighted by molar-refractivity contribution is -0.116. The first kappa shape index (κ1) is 12.6. The number of ketones is 1. The van der Waals surface area contributed by atoms with Crippen molar-refractivity contribution in [3.63, 3.8) is 0 Å². The van der Waals surface area contributed by atoms with Crippen LogP contribution in [0.5, 0.6) is 0 Å². The van der Waals surface area contributed by atoms with E-state index in [1.807, 2.05) is 0 Å². The lowest BCUT2D eigenvalue weighted by Crippen LogP contribution is -2.12. The van der Waals surface area contributed by atoms with Crippen LogP contribution in [-0.2, 0) is 4.79 Å². The van der Waals surface area contributed by atoms with Crippen molar-refractivity contribution in [3.05, 3.63) is 0 Å². The smallest absolute Gasteiger partial charge is 0.143 e. The van der Waals surface area contributed by atoms with E-state index in [9.17, 15) is 4.79 Å². The molecule has 13 heavy (non-hydrogen) atoms. The van der Waals surface area contributed by atoms with Gasteiger partial charge in [0.2, 0.25) is 0 Å². The molecule has 2 heteroatoms. The molecule has 0 fully saturated rings. The van der Waals surface area contributed by atoms with E-state index in [0.29, 0.717) is 24.4 Å². The van der Waals surface area contributed by atoms with Crippen molar-refractivity contribution in [2.24, 2.45) is 0 Å². The van der Waals surface area contributed by atoms with Crippen LogP contribution in [0.1, 0.15) is 40.5 Å². The van der Waals surface area contributed by atoms with Crippen LogP contribution in [0, 0.1) is 11.8 Å². The van der Waals surface area contributed by atoms with Gasteiger partial charge in [-0.25, -0.2) is 0 Å². The Labute approximate surface area is 85.7 Å². The van der Waals surface area contributed by atoms with E-state index in [2.05, 4.69) is 32.6 Å². The highest BCUT2D eigenvalue weighted by atomic mass is 32.2. The molecular formula is C11H18OS. The molecule has 0 rings (SSSR count). The number of hydrogen-bond acceptors (Lipinski definition) is 2. The van der Waals surface area contributed by atoms with Gasteiger partial charge in [0, 0.05) is 17.6 Å². The zero-order valence-corrected chi connectivity index (χ0v) is 9.75.